The number of esters is 1. The van der Waals surface area contributed by atoms with Gasteiger partial charge < -0.3 is 4.74 Å². The van der Waals surface area contributed by atoms with Gasteiger partial charge in [-0.1, -0.05) is 48.5 Å². The van der Waals surface area contributed by atoms with Gasteiger partial charge in [-0.25, -0.2) is 4.79 Å². The van der Waals surface area contributed by atoms with Crippen molar-refractivity contribution in [3.63, 3.8) is 0 Å². The van der Waals surface area contributed by atoms with E-state index in [1.807, 2.05) is 48.5 Å². The number of nitrogens with zero attached hydrogens (tertiary/aromatic N) is 1. The van der Waals surface area contributed by atoms with Crippen molar-refractivity contribution in [1.29, 1.82) is 0 Å². The van der Waals surface area contributed by atoms with Gasteiger partial charge in [0.2, 0.25) is 0 Å². The Kier molecular flexibility index (Phi) is 4.15. The standard InChI is InChI=1S/C19H17NO2/c1-22-19(21)16-13-15-9-5-6-10-17(15)20-18(16)12-11-14-7-3-2-4-8-14/h2-10,13H,11-12H2,1H3. The van der Waals surface area contributed by atoms with Gasteiger partial charge in [-0.3, -0.25) is 4.98 Å². The average molecular weight is 291 g/mol. The minimum absolute atomic E-state index is 0.332. The molecule has 0 fully saturated rings. The normalized spacial score (nSPS) is 10.6. The highest BCUT2D eigenvalue weighted by molar-refractivity contribution is 5.95. The maximum Gasteiger partial charge on any atom is 0.339 e. The molecule has 3 nitrogen and oxygen atoms in total. The first-order chi connectivity index (χ1) is 10.8. The third kappa shape index (κ3) is 2.98. The first-order valence-corrected chi connectivity index (χ1v) is 7.29. The lowest BCUT2D eigenvalue weighted by Crippen LogP contribution is -2.09. The van der Waals surface area contributed by atoms with E-state index in [-0.39, 0.29) is 5.97 Å². The molecular formula is C19H17NO2. The van der Waals surface area contributed by atoms with E-state index in [0.29, 0.717) is 12.0 Å². The van der Waals surface area contributed by atoms with Crippen molar-refractivity contribution < 1.29 is 9.53 Å². The minimum Gasteiger partial charge on any atom is -0.465 e. The maximum absolute atomic E-state index is 12.0. The van der Waals surface area contributed by atoms with Gasteiger partial charge in [0.05, 0.1) is 23.9 Å². The number of carbonyl (C=O) groups is 1. The zero-order valence-electron chi connectivity index (χ0n) is 12.5. The van der Waals surface area contributed by atoms with Crippen molar-refractivity contribution in [2.24, 2.45) is 0 Å². The molecule has 1 heterocycles. The Morgan fingerprint density at radius 2 is 1.73 bits per heavy atom. The van der Waals surface area contributed by atoms with Crippen LogP contribution in [0.15, 0.2) is 60.7 Å². The predicted molar refractivity (Wildman–Crippen MR) is 86.9 cm³/mol. The number of rotatable bonds is 4. The SMILES string of the molecule is COC(=O)c1cc2ccccc2nc1CCc1ccccc1. The molecule has 110 valence electrons. The summed E-state index contributed by atoms with van der Waals surface area (Å²) in [4.78, 5) is 16.7. The topological polar surface area (TPSA) is 39.2 Å². The number of carbonyl (C=O) groups excluding carboxylic acids is 1. The Balaban J connectivity index is 1.97. The number of hydrogen-bond donors (Lipinski definition) is 0. The molecule has 0 aliphatic rings. The van der Waals surface area contributed by atoms with Crippen molar-refractivity contribution >= 4 is 16.9 Å². The summed E-state index contributed by atoms with van der Waals surface area (Å²) in [5, 5.41) is 0.950. The van der Waals surface area contributed by atoms with Crippen LogP contribution in [0.4, 0.5) is 0 Å². The van der Waals surface area contributed by atoms with Crippen LogP contribution in [0.5, 0.6) is 0 Å². The molecule has 22 heavy (non-hydrogen) atoms. The van der Waals surface area contributed by atoms with Crippen molar-refractivity contribution in [2.75, 3.05) is 7.11 Å². The van der Waals surface area contributed by atoms with Gasteiger partial charge in [0.25, 0.3) is 0 Å². The predicted octanol–water partition coefficient (Wildman–Crippen LogP) is 3.81. The van der Waals surface area contributed by atoms with Crippen LogP contribution >= 0.6 is 0 Å². The molecule has 0 N–H and O–H groups in total. The lowest BCUT2D eigenvalue weighted by atomic mass is 10.0. The Morgan fingerprint density at radius 1 is 1.00 bits per heavy atom. The summed E-state index contributed by atoms with van der Waals surface area (Å²) in [5.74, 6) is -0.332. The van der Waals surface area contributed by atoms with E-state index in [4.69, 9.17) is 4.74 Å². The third-order valence-corrected chi connectivity index (χ3v) is 3.70. The first kappa shape index (κ1) is 14.3. The van der Waals surface area contributed by atoms with Gasteiger partial charge in [0.1, 0.15) is 0 Å². The monoisotopic (exact) mass is 291 g/mol. The Hall–Kier alpha value is -2.68. The molecule has 0 aliphatic heterocycles. The summed E-state index contributed by atoms with van der Waals surface area (Å²) >= 11 is 0. The molecule has 0 saturated heterocycles. The van der Waals surface area contributed by atoms with Crippen LogP contribution in [0.25, 0.3) is 10.9 Å². The fourth-order valence-electron chi connectivity index (χ4n) is 2.54. The molecule has 3 rings (SSSR count). The highest BCUT2D eigenvalue weighted by atomic mass is 16.5. The number of fused-ring (bicyclic) bond motifs is 1. The number of hydrogen-bond acceptors (Lipinski definition) is 3. The smallest absolute Gasteiger partial charge is 0.339 e. The van der Waals surface area contributed by atoms with E-state index in [9.17, 15) is 4.79 Å². The number of aromatic nitrogens is 1. The molecule has 1 aromatic heterocycles. The molecule has 0 aliphatic carbocycles. The summed E-state index contributed by atoms with van der Waals surface area (Å²) in [5.41, 5.74) is 3.47. The lowest BCUT2D eigenvalue weighted by Gasteiger charge is -2.09. The highest BCUT2D eigenvalue weighted by Gasteiger charge is 2.14. The van der Waals surface area contributed by atoms with Crippen molar-refractivity contribution in [3.05, 3.63) is 77.5 Å². The van der Waals surface area contributed by atoms with Crippen LogP contribution in [0.2, 0.25) is 0 Å². The summed E-state index contributed by atoms with van der Waals surface area (Å²) in [6, 6.07) is 19.9. The van der Waals surface area contributed by atoms with Gasteiger partial charge in [-0.05, 0) is 30.5 Å². The summed E-state index contributed by atoms with van der Waals surface area (Å²) in [6.45, 7) is 0. The fourth-order valence-corrected chi connectivity index (χ4v) is 2.54. The zero-order valence-corrected chi connectivity index (χ0v) is 12.5. The minimum atomic E-state index is -0.332. The van der Waals surface area contributed by atoms with Crippen molar-refractivity contribution in [2.45, 2.75) is 12.8 Å². The zero-order chi connectivity index (χ0) is 15.4. The van der Waals surface area contributed by atoms with Crippen LogP contribution < -0.4 is 0 Å². The van der Waals surface area contributed by atoms with Gasteiger partial charge in [0.15, 0.2) is 0 Å². The van der Waals surface area contributed by atoms with Crippen LogP contribution in [-0.2, 0) is 17.6 Å². The molecule has 0 radical (unpaired) electrons. The van der Waals surface area contributed by atoms with E-state index in [0.717, 1.165) is 23.0 Å². The highest BCUT2D eigenvalue weighted by Crippen LogP contribution is 2.19. The quantitative estimate of drug-likeness (QED) is 0.686. The second-order valence-electron chi connectivity index (χ2n) is 5.15. The van der Waals surface area contributed by atoms with Crippen LogP contribution in [-0.4, -0.2) is 18.1 Å². The number of ether oxygens (including phenoxy) is 1. The maximum atomic E-state index is 12.0. The number of benzene rings is 2. The fraction of sp³-hybridized carbons (Fsp3) is 0.158. The number of aryl methyl sites for hydroxylation is 2. The first-order valence-electron chi connectivity index (χ1n) is 7.29. The summed E-state index contributed by atoms with van der Waals surface area (Å²) < 4.78 is 4.90. The molecule has 0 atom stereocenters. The Morgan fingerprint density at radius 3 is 2.50 bits per heavy atom. The number of para-hydroxylation sites is 1. The van der Waals surface area contributed by atoms with Gasteiger partial charge in [-0.15, -0.1) is 0 Å². The van der Waals surface area contributed by atoms with E-state index in [1.165, 1.54) is 12.7 Å². The third-order valence-electron chi connectivity index (χ3n) is 3.70. The van der Waals surface area contributed by atoms with Crippen molar-refractivity contribution in [3.8, 4) is 0 Å². The molecule has 3 heteroatoms. The van der Waals surface area contributed by atoms with E-state index in [1.54, 1.807) is 0 Å². The van der Waals surface area contributed by atoms with Gasteiger partial charge in [0, 0.05) is 5.39 Å². The molecule has 0 saturated carbocycles. The van der Waals surface area contributed by atoms with E-state index in [2.05, 4.69) is 17.1 Å². The molecule has 0 bridgehead atoms. The molecule has 0 unspecified atom stereocenters. The summed E-state index contributed by atoms with van der Waals surface area (Å²) in [7, 11) is 1.40. The summed E-state index contributed by atoms with van der Waals surface area (Å²) in [6.07, 6.45) is 1.55. The van der Waals surface area contributed by atoms with Crippen LogP contribution in [0.1, 0.15) is 21.6 Å². The molecular weight excluding hydrogens is 274 g/mol. The number of methoxy groups -OCH3 is 1. The lowest BCUT2D eigenvalue weighted by molar-refractivity contribution is 0.0599. The van der Waals surface area contributed by atoms with Gasteiger partial charge >= 0.3 is 5.97 Å². The van der Waals surface area contributed by atoms with E-state index < -0.39 is 0 Å². The second-order valence-corrected chi connectivity index (χ2v) is 5.15. The second kappa shape index (κ2) is 6.39. The van der Waals surface area contributed by atoms with Crippen molar-refractivity contribution in [1.82, 2.24) is 4.98 Å². The molecule has 2 aromatic carbocycles. The Bertz CT molecular complexity index is 797. The Labute approximate surface area is 129 Å². The van der Waals surface area contributed by atoms with Crippen LogP contribution in [0, 0.1) is 0 Å². The molecule has 3 aromatic rings. The average Bonchev–Trinajstić information content (AvgIpc) is 2.59. The van der Waals surface area contributed by atoms with Crippen LogP contribution in [0.3, 0.4) is 0 Å². The van der Waals surface area contributed by atoms with Gasteiger partial charge in [-0.2, -0.15) is 0 Å². The molecule has 0 amide bonds. The number of pyridine rings is 1. The van der Waals surface area contributed by atoms with E-state index >= 15 is 0 Å². The largest absolute Gasteiger partial charge is 0.465 e. The molecule has 0 spiro atoms.